The van der Waals surface area contributed by atoms with Gasteiger partial charge >= 0.3 is 0 Å². The lowest BCUT2D eigenvalue weighted by Crippen LogP contribution is -2.16. The summed E-state index contributed by atoms with van der Waals surface area (Å²) in [6.45, 7) is 4.63. The van der Waals surface area contributed by atoms with Crippen LogP contribution in [0.15, 0.2) is 18.5 Å². The lowest BCUT2D eigenvalue weighted by molar-refractivity contribution is 0.513. The topological polar surface area (TPSA) is 65.1 Å². The minimum atomic E-state index is -2.90. The third-order valence-electron chi connectivity index (χ3n) is 2.60. The summed E-state index contributed by atoms with van der Waals surface area (Å²) in [5, 5.41) is 0. The Morgan fingerprint density at radius 3 is 2.56 bits per heavy atom. The first-order valence-corrected chi connectivity index (χ1v) is 7.44. The molecule has 5 heteroatoms. The van der Waals surface area contributed by atoms with Crippen LogP contribution in [0.2, 0.25) is 0 Å². The van der Waals surface area contributed by atoms with Gasteiger partial charge in [0.1, 0.15) is 9.84 Å². The second-order valence-electron chi connectivity index (χ2n) is 4.58. The van der Waals surface area contributed by atoms with Gasteiger partial charge in [-0.15, -0.1) is 0 Å². The Bertz CT molecular complexity index is 435. The van der Waals surface area contributed by atoms with Gasteiger partial charge in [0, 0.05) is 31.2 Å². The zero-order valence-electron chi connectivity index (χ0n) is 10.1. The lowest BCUT2D eigenvalue weighted by Gasteiger charge is -2.13. The molecule has 0 aromatic carbocycles. The number of hydrogen-bond acceptors (Lipinski definition) is 3. The van der Waals surface area contributed by atoms with Crippen molar-refractivity contribution in [2.45, 2.75) is 26.4 Å². The van der Waals surface area contributed by atoms with Crippen LogP contribution in [0.1, 0.15) is 25.5 Å². The molecule has 1 rings (SSSR count). The summed E-state index contributed by atoms with van der Waals surface area (Å²) in [6.07, 6.45) is 5.05. The molecule has 0 fully saturated rings. The van der Waals surface area contributed by atoms with E-state index in [2.05, 4.69) is 13.8 Å². The van der Waals surface area contributed by atoms with Gasteiger partial charge in [-0.2, -0.15) is 0 Å². The Morgan fingerprint density at radius 2 is 2.06 bits per heavy atom. The van der Waals surface area contributed by atoms with Crippen LogP contribution < -0.4 is 5.73 Å². The zero-order valence-corrected chi connectivity index (χ0v) is 10.9. The van der Waals surface area contributed by atoms with Crippen molar-refractivity contribution >= 4 is 9.84 Å². The highest BCUT2D eigenvalue weighted by atomic mass is 32.2. The normalized spacial score (nSPS) is 14.3. The largest absolute Gasteiger partial charge is 0.353 e. The average molecular weight is 244 g/mol. The molecule has 1 unspecified atom stereocenters. The van der Waals surface area contributed by atoms with E-state index < -0.39 is 9.84 Å². The Balaban J connectivity index is 2.65. The Labute approximate surface area is 97.4 Å². The highest BCUT2D eigenvalue weighted by Gasteiger charge is 2.11. The molecule has 0 spiro atoms. The standard InChI is InChI=1S/C11H20N2O2S/c1-9(2)11(12)10-4-5-13(8-10)6-7-16(3,14)15/h4-5,8-9,11H,6-7,12H2,1-3H3. The predicted octanol–water partition coefficient (Wildman–Crippen LogP) is 1.19. The molecular formula is C11H20N2O2S. The minimum Gasteiger partial charge on any atom is -0.353 e. The van der Waals surface area contributed by atoms with Crippen molar-refractivity contribution in [3.63, 3.8) is 0 Å². The Morgan fingerprint density at radius 1 is 1.44 bits per heavy atom. The van der Waals surface area contributed by atoms with E-state index in [1.165, 1.54) is 6.26 Å². The summed E-state index contributed by atoms with van der Waals surface area (Å²) in [4.78, 5) is 0. The molecule has 0 saturated heterocycles. The van der Waals surface area contributed by atoms with E-state index in [1.807, 2.05) is 23.0 Å². The highest BCUT2D eigenvalue weighted by Crippen LogP contribution is 2.18. The number of nitrogens with two attached hydrogens (primary N) is 1. The van der Waals surface area contributed by atoms with Gasteiger partial charge in [0.05, 0.1) is 5.75 Å². The smallest absolute Gasteiger partial charge is 0.149 e. The fourth-order valence-electron chi connectivity index (χ4n) is 1.45. The molecule has 0 radical (unpaired) electrons. The summed E-state index contributed by atoms with van der Waals surface area (Å²) in [7, 11) is -2.90. The molecule has 1 aromatic rings. The van der Waals surface area contributed by atoms with Gasteiger partial charge in [-0.1, -0.05) is 13.8 Å². The van der Waals surface area contributed by atoms with E-state index in [-0.39, 0.29) is 11.8 Å². The molecule has 1 aromatic heterocycles. The molecule has 0 aliphatic heterocycles. The SMILES string of the molecule is CC(C)C(N)c1ccn(CCS(C)(=O)=O)c1. The molecule has 0 bridgehead atoms. The van der Waals surface area contributed by atoms with Gasteiger partial charge in [0.25, 0.3) is 0 Å². The molecule has 0 aliphatic rings. The van der Waals surface area contributed by atoms with Crippen molar-refractivity contribution in [2.75, 3.05) is 12.0 Å². The number of rotatable bonds is 5. The zero-order chi connectivity index (χ0) is 12.3. The van der Waals surface area contributed by atoms with Gasteiger partial charge in [-0.3, -0.25) is 0 Å². The molecule has 92 valence electrons. The number of sulfone groups is 1. The summed E-state index contributed by atoms with van der Waals surface area (Å²) < 4.78 is 23.9. The predicted molar refractivity (Wildman–Crippen MR) is 65.9 cm³/mol. The quantitative estimate of drug-likeness (QED) is 0.846. The highest BCUT2D eigenvalue weighted by molar-refractivity contribution is 7.90. The van der Waals surface area contributed by atoms with Crippen LogP contribution in [0.25, 0.3) is 0 Å². The molecule has 0 saturated carbocycles. The van der Waals surface area contributed by atoms with Gasteiger partial charge < -0.3 is 10.3 Å². The molecule has 4 nitrogen and oxygen atoms in total. The molecular weight excluding hydrogens is 224 g/mol. The van der Waals surface area contributed by atoms with E-state index in [0.717, 1.165) is 5.56 Å². The van der Waals surface area contributed by atoms with Crippen LogP contribution in [0, 0.1) is 5.92 Å². The van der Waals surface area contributed by atoms with Crippen LogP contribution in [0.5, 0.6) is 0 Å². The van der Waals surface area contributed by atoms with Crippen molar-refractivity contribution in [1.82, 2.24) is 4.57 Å². The second-order valence-corrected chi connectivity index (χ2v) is 6.84. The van der Waals surface area contributed by atoms with E-state index in [4.69, 9.17) is 5.73 Å². The third kappa shape index (κ3) is 3.98. The van der Waals surface area contributed by atoms with E-state index in [9.17, 15) is 8.42 Å². The molecule has 0 aliphatic carbocycles. The van der Waals surface area contributed by atoms with Crippen LogP contribution in [-0.2, 0) is 16.4 Å². The summed E-state index contributed by atoms with van der Waals surface area (Å²) >= 11 is 0. The van der Waals surface area contributed by atoms with Crippen molar-refractivity contribution < 1.29 is 8.42 Å². The Kier molecular flexibility index (Phi) is 4.15. The van der Waals surface area contributed by atoms with Crippen molar-refractivity contribution in [3.05, 3.63) is 24.0 Å². The minimum absolute atomic E-state index is 0.0134. The first-order valence-electron chi connectivity index (χ1n) is 5.38. The number of hydrogen-bond donors (Lipinski definition) is 1. The number of aromatic nitrogens is 1. The fourth-order valence-corrected chi connectivity index (χ4v) is 1.99. The van der Waals surface area contributed by atoms with Crippen molar-refractivity contribution in [2.24, 2.45) is 11.7 Å². The molecule has 2 N–H and O–H groups in total. The third-order valence-corrected chi connectivity index (χ3v) is 3.52. The van der Waals surface area contributed by atoms with Gasteiger partial charge in [0.2, 0.25) is 0 Å². The molecule has 1 heterocycles. The van der Waals surface area contributed by atoms with Gasteiger partial charge in [-0.05, 0) is 17.5 Å². The Hall–Kier alpha value is -0.810. The maximum atomic E-state index is 11.0. The first kappa shape index (κ1) is 13.3. The summed E-state index contributed by atoms with van der Waals surface area (Å²) in [5.41, 5.74) is 7.06. The van der Waals surface area contributed by atoms with Crippen LogP contribution in [0.4, 0.5) is 0 Å². The molecule has 16 heavy (non-hydrogen) atoms. The number of nitrogens with zero attached hydrogens (tertiary/aromatic N) is 1. The van der Waals surface area contributed by atoms with E-state index in [1.54, 1.807) is 0 Å². The second kappa shape index (κ2) is 5.01. The van der Waals surface area contributed by atoms with Crippen molar-refractivity contribution in [3.8, 4) is 0 Å². The van der Waals surface area contributed by atoms with Crippen molar-refractivity contribution in [1.29, 1.82) is 0 Å². The summed E-state index contributed by atoms with van der Waals surface area (Å²) in [5.74, 6) is 0.545. The maximum absolute atomic E-state index is 11.0. The number of aryl methyl sites for hydroxylation is 1. The van der Waals surface area contributed by atoms with Crippen LogP contribution in [-0.4, -0.2) is 25.0 Å². The van der Waals surface area contributed by atoms with Crippen LogP contribution >= 0.6 is 0 Å². The van der Waals surface area contributed by atoms with Gasteiger partial charge in [0.15, 0.2) is 0 Å². The van der Waals surface area contributed by atoms with Crippen LogP contribution in [0.3, 0.4) is 0 Å². The molecule has 1 atom stereocenters. The fraction of sp³-hybridized carbons (Fsp3) is 0.636. The first-order chi connectivity index (χ1) is 7.29. The van der Waals surface area contributed by atoms with E-state index in [0.29, 0.717) is 12.5 Å². The summed E-state index contributed by atoms with van der Waals surface area (Å²) in [6, 6.07) is 1.96. The van der Waals surface area contributed by atoms with E-state index >= 15 is 0 Å². The van der Waals surface area contributed by atoms with Gasteiger partial charge in [-0.25, -0.2) is 8.42 Å². The average Bonchev–Trinajstić information content (AvgIpc) is 2.60. The maximum Gasteiger partial charge on any atom is 0.149 e. The monoisotopic (exact) mass is 244 g/mol. The molecule has 0 amide bonds. The lowest BCUT2D eigenvalue weighted by atomic mass is 10.00.